The van der Waals surface area contributed by atoms with Gasteiger partial charge >= 0.3 is 0 Å². The lowest BCUT2D eigenvalue weighted by Gasteiger charge is -2.07. The van der Waals surface area contributed by atoms with Crippen molar-refractivity contribution in [3.05, 3.63) is 29.3 Å². The Morgan fingerprint density at radius 2 is 1.89 bits per heavy atom. The van der Waals surface area contributed by atoms with Gasteiger partial charge in [0.15, 0.2) is 0 Å². The molecule has 2 rings (SSSR count). The molecule has 0 atom stereocenters. The molecule has 1 fully saturated rings. The van der Waals surface area contributed by atoms with Crippen molar-refractivity contribution in [2.45, 2.75) is 39.2 Å². The van der Waals surface area contributed by atoms with E-state index in [2.05, 4.69) is 10.6 Å². The zero-order valence-electron chi connectivity index (χ0n) is 10.7. The molecule has 0 saturated heterocycles. The van der Waals surface area contributed by atoms with Crippen molar-refractivity contribution in [3.8, 4) is 0 Å². The van der Waals surface area contributed by atoms with E-state index in [9.17, 15) is 9.59 Å². The summed E-state index contributed by atoms with van der Waals surface area (Å²) in [4.78, 5) is 23.1. The van der Waals surface area contributed by atoms with Gasteiger partial charge in [0.05, 0.1) is 0 Å². The maximum Gasteiger partial charge on any atom is 0.233 e. The van der Waals surface area contributed by atoms with Gasteiger partial charge < -0.3 is 10.6 Å². The minimum atomic E-state index is -0.267. The van der Waals surface area contributed by atoms with E-state index in [1.807, 2.05) is 32.0 Å². The second-order valence-corrected chi connectivity index (χ2v) is 4.87. The quantitative estimate of drug-likeness (QED) is 0.797. The lowest BCUT2D eigenvalue weighted by molar-refractivity contribution is -0.126. The van der Waals surface area contributed by atoms with Gasteiger partial charge in [-0.2, -0.15) is 0 Å². The third-order valence-corrected chi connectivity index (χ3v) is 3.05. The molecule has 1 aliphatic rings. The highest BCUT2D eigenvalue weighted by Crippen LogP contribution is 2.18. The Balaban J connectivity index is 1.85. The number of rotatable bonds is 4. The average Bonchev–Trinajstić information content (AvgIpc) is 3.07. The highest BCUT2D eigenvalue weighted by atomic mass is 16.2. The van der Waals surface area contributed by atoms with Crippen LogP contribution < -0.4 is 10.6 Å². The first-order chi connectivity index (χ1) is 8.54. The molecule has 0 heterocycles. The fraction of sp³-hybridized carbons (Fsp3) is 0.429. The minimum absolute atomic E-state index is 0.108. The molecule has 1 aromatic carbocycles. The SMILES string of the molecule is Cc1ccc(NC(=O)CC(=O)NC2CC2)cc1C. The Kier molecular flexibility index (Phi) is 3.65. The summed E-state index contributed by atoms with van der Waals surface area (Å²) in [5.41, 5.74) is 3.04. The normalized spacial score (nSPS) is 14.1. The van der Waals surface area contributed by atoms with Crippen LogP contribution in [0, 0.1) is 13.8 Å². The Morgan fingerprint density at radius 3 is 2.50 bits per heavy atom. The molecular formula is C14H18N2O2. The van der Waals surface area contributed by atoms with Crippen LogP contribution in [-0.4, -0.2) is 17.9 Å². The number of nitrogens with one attached hydrogen (secondary N) is 2. The second-order valence-electron chi connectivity index (χ2n) is 4.87. The maximum absolute atomic E-state index is 11.6. The first-order valence-corrected chi connectivity index (χ1v) is 6.21. The van der Waals surface area contributed by atoms with E-state index in [0.717, 1.165) is 24.1 Å². The summed E-state index contributed by atoms with van der Waals surface area (Å²) in [7, 11) is 0. The van der Waals surface area contributed by atoms with Gasteiger partial charge in [0.1, 0.15) is 6.42 Å². The molecule has 18 heavy (non-hydrogen) atoms. The molecule has 0 aliphatic heterocycles. The van der Waals surface area contributed by atoms with Gasteiger partial charge in [-0.25, -0.2) is 0 Å². The van der Waals surface area contributed by atoms with Crippen molar-refractivity contribution < 1.29 is 9.59 Å². The van der Waals surface area contributed by atoms with E-state index in [4.69, 9.17) is 0 Å². The minimum Gasteiger partial charge on any atom is -0.353 e. The average molecular weight is 246 g/mol. The second kappa shape index (κ2) is 5.21. The van der Waals surface area contributed by atoms with Crippen molar-refractivity contribution in [2.75, 3.05) is 5.32 Å². The zero-order chi connectivity index (χ0) is 13.1. The Labute approximate surface area is 107 Å². The lowest BCUT2D eigenvalue weighted by atomic mass is 10.1. The number of anilines is 1. The van der Waals surface area contributed by atoms with Gasteiger partial charge in [0.25, 0.3) is 0 Å². The summed E-state index contributed by atoms with van der Waals surface area (Å²) in [5.74, 6) is -0.463. The van der Waals surface area contributed by atoms with Crippen LogP contribution in [0.2, 0.25) is 0 Å². The van der Waals surface area contributed by atoms with Gasteiger partial charge in [0.2, 0.25) is 11.8 Å². The van der Waals surface area contributed by atoms with Crippen LogP contribution in [-0.2, 0) is 9.59 Å². The summed E-state index contributed by atoms with van der Waals surface area (Å²) >= 11 is 0. The number of carbonyl (C=O) groups excluding carboxylic acids is 2. The zero-order valence-corrected chi connectivity index (χ0v) is 10.7. The molecule has 1 saturated carbocycles. The number of amides is 2. The molecule has 1 aliphatic carbocycles. The predicted octanol–water partition coefficient (Wildman–Crippen LogP) is 1.91. The molecule has 0 aromatic heterocycles. The van der Waals surface area contributed by atoms with E-state index in [-0.39, 0.29) is 18.2 Å². The molecule has 2 N–H and O–H groups in total. The van der Waals surface area contributed by atoms with Gasteiger partial charge in [-0.05, 0) is 49.9 Å². The summed E-state index contributed by atoms with van der Waals surface area (Å²) in [6, 6.07) is 6.01. The van der Waals surface area contributed by atoms with Crippen molar-refractivity contribution in [3.63, 3.8) is 0 Å². The smallest absolute Gasteiger partial charge is 0.233 e. The number of aryl methyl sites for hydroxylation is 2. The molecule has 0 unspecified atom stereocenters. The fourth-order valence-corrected chi connectivity index (χ4v) is 1.68. The molecular weight excluding hydrogens is 228 g/mol. The Bertz CT molecular complexity index is 479. The highest BCUT2D eigenvalue weighted by molar-refractivity contribution is 6.03. The van der Waals surface area contributed by atoms with Gasteiger partial charge in [-0.1, -0.05) is 6.07 Å². The van der Waals surface area contributed by atoms with Crippen molar-refractivity contribution in [1.82, 2.24) is 5.32 Å². The molecule has 4 heteroatoms. The molecule has 2 amide bonds. The molecule has 0 radical (unpaired) electrons. The van der Waals surface area contributed by atoms with Crippen LogP contribution in [0.25, 0.3) is 0 Å². The first kappa shape index (κ1) is 12.6. The van der Waals surface area contributed by atoms with E-state index >= 15 is 0 Å². The molecule has 0 spiro atoms. The molecule has 96 valence electrons. The number of carbonyl (C=O) groups is 2. The monoisotopic (exact) mass is 246 g/mol. The van der Waals surface area contributed by atoms with Gasteiger partial charge in [-0.15, -0.1) is 0 Å². The summed E-state index contributed by atoms with van der Waals surface area (Å²) in [6.07, 6.45) is 1.96. The van der Waals surface area contributed by atoms with E-state index in [0.29, 0.717) is 6.04 Å². The standard InChI is InChI=1S/C14H18N2O2/c1-9-3-4-12(7-10(9)2)16-14(18)8-13(17)15-11-5-6-11/h3-4,7,11H,5-6,8H2,1-2H3,(H,15,17)(H,16,18). The fourth-order valence-electron chi connectivity index (χ4n) is 1.68. The summed E-state index contributed by atoms with van der Waals surface area (Å²) in [5, 5.41) is 5.53. The van der Waals surface area contributed by atoms with Crippen LogP contribution in [0.3, 0.4) is 0 Å². The molecule has 1 aromatic rings. The van der Waals surface area contributed by atoms with Crippen LogP contribution >= 0.6 is 0 Å². The lowest BCUT2D eigenvalue weighted by Crippen LogP contribution is -2.29. The topological polar surface area (TPSA) is 58.2 Å². The Morgan fingerprint density at radius 1 is 1.17 bits per heavy atom. The first-order valence-electron chi connectivity index (χ1n) is 6.21. The van der Waals surface area contributed by atoms with Crippen LogP contribution in [0.15, 0.2) is 18.2 Å². The highest BCUT2D eigenvalue weighted by Gasteiger charge is 2.24. The van der Waals surface area contributed by atoms with Crippen molar-refractivity contribution >= 4 is 17.5 Å². The number of benzene rings is 1. The third-order valence-electron chi connectivity index (χ3n) is 3.05. The number of hydrogen-bond donors (Lipinski definition) is 2. The van der Waals surface area contributed by atoms with Crippen LogP contribution in [0.4, 0.5) is 5.69 Å². The Hall–Kier alpha value is -1.84. The molecule has 4 nitrogen and oxygen atoms in total. The van der Waals surface area contributed by atoms with E-state index < -0.39 is 0 Å². The maximum atomic E-state index is 11.6. The van der Waals surface area contributed by atoms with Gasteiger partial charge in [-0.3, -0.25) is 9.59 Å². The number of hydrogen-bond acceptors (Lipinski definition) is 2. The third kappa shape index (κ3) is 3.58. The summed E-state index contributed by atoms with van der Waals surface area (Å²) < 4.78 is 0. The van der Waals surface area contributed by atoms with Crippen molar-refractivity contribution in [2.24, 2.45) is 0 Å². The van der Waals surface area contributed by atoms with Crippen LogP contribution in [0.1, 0.15) is 30.4 Å². The largest absolute Gasteiger partial charge is 0.353 e. The van der Waals surface area contributed by atoms with Crippen molar-refractivity contribution in [1.29, 1.82) is 0 Å². The molecule has 0 bridgehead atoms. The predicted molar refractivity (Wildman–Crippen MR) is 70.3 cm³/mol. The van der Waals surface area contributed by atoms with Gasteiger partial charge in [0, 0.05) is 11.7 Å². The van der Waals surface area contributed by atoms with E-state index in [1.165, 1.54) is 5.56 Å². The van der Waals surface area contributed by atoms with Crippen LogP contribution in [0.5, 0.6) is 0 Å². The van der Waals surface area contributed by atoms with E-state index in [1.54, 1.807) is 0 Å². The summed E-state index contributed by atoms with van der Waals surface area (Å²) in [6.45, 7) is 4.01.